The number of ether oxygens (including phenoxy) is 2. The Bertz CT molecular complexity index is 1170. The van der Waals surface area contributed by atoms with Gasteiger partial charge in [-0.15, -0.1) is 11.3 Å². The molecule has 150 valence electrons. The van der Waals surface area contributed by atoms with Crippen LogP contribution < -0.4 is 14.9 Å². The number of aliphatic imine (C=N–C) groups is 1. The highest BCUT2D eigenvalue weighted by Crippen LogP contribution is 2.27. The van der Waals surface area contributed by atoms with Gasteiger partial charge in [-0.2, -0.15) is 5.10 Å². The fourth-order valence-electron chi connectivity index (χ4n) is 2.83. The monoisotopic (exact) mass is 416 g/mol. The molecule has 30 heavy (non-hydrogen) atoms. The zero-order valence-electron chi connectivity index (χ0n) is 16.6. The van der Waals surface area contributed by atoms with Crippen molar-refractivity contribution < 1.29 is 9.47 Å². The number of nitrogens with zero attached hydrogens (tertiary/aromatic N) is 3. The van der Waals surface area contributed by atoms with Gasteiger partial charge in [-0.25, -0.2) is 9.98 Å². The highest BCUT2D eigenvalue weighted by atomic mass is 32.1. The molecule has 3 aromatic carbocycles. The van der Waals surface area contributed by atoms with Crippen molar-refractivity contribution >= 4 is 39.3 Å². The summed E-state index contributed by atoms with van der Waals surface area (Å²) in [4.78, 5) is 9.41. The van der Waals surface area contributed by atoms with Crippen LogP contribution in [0.1, 0.15) is 10.6 Å². The van der Waals surface area contributed by atoms with E-state index >= 15 is 0 Å². The molecule has 7 heteroatoms. The zero-order valence-corrected chi connectivity index (χ0v) is 17.4. The van der Waals surface area contributed by atoms with E-state index in [0.717, 1.165) is 26.5 Å². The molecule has 0 aliphatic rings. The second-order valence-corrected chi connectivity index (χ2v) is 7.30. The van der Waals surface area contributed by atoms with Gasteiger partial charge in [0.15, 0.2) is 22.3 Å². The van der Waals surface area contributed by atoms with Gasteiger partial charge in [0.1, 0.15) is 0 Å². The number of amidine groups is 1. The Balaban J connectivity index is 1.63. The van der Waals surface area contributed by atoms with E-state index in [2.05, 4.69) is 10.5 Å². The zero-order chi connectivity index (χ0) is 20.8. The molecule has 1 N–H and O–H groups in total. The van der Waals surface area contributed by atoms with Crippen LogP contribution in [0, 0.1) is 0 Å². The number of para-hydroxylation sites is 2. The molecule has 0 saturated heterocycles. The highest BCUT2D eigenvalue weighted by molar-refractivity contribution is 7.20. The quantitative estimate of drug-likeness (QED) is 0.272. The van der Waals surface area contributed by atoms with E-state index in [1.54, 1.807) is 31.8 Å². The molecular weight excluding hydrogens is 396 g/mol. The summed E-state index contributed by atoms with van der Waals surface area (Å²) in [6.45, 7) is 0. The molecule has 0 unspecified atom stereocenters. The Labute approximate surface area is 178 Å². The Hall–Kier alpha value is -3.71. The van der Waals surface area contributed by atoms with Crippen molar-refractivity contribution in [3.05, 3.63) is 83.4 Å². The lowest BCUT2D eigenvalue weighted by molar-refractivity contribution is 0.355. The van der Waals surface area contributed by atoms with E-state index in [1.165, 1.54) is 0 Å². The first-order chi connectivity index (χ1) is 14.8. The average Bonchev–Trinajstić information content (AvgIpc) is 3.23. The summed E-state index contributed by atoms with van der Waals surface area (Å²) < 4.78 is 11.7. The average molecular weight is 417 g/mol. The van der Waals surface area contributed by atoms with Gasteiger partial charge >= 0.3 is 0 Å². The van der Waals surface area contributed by atoms with Gasteiger partial charge in [-0.3, -0.25) is 5.43 Å². The molecule has 0 fully saturated rings. The minimum absolute atomic E-state index is 0.583. The van der Waals surface area contributed by atoms with E-state index in [0.29, 0.717) is 17.3 Å². The van der Waals surface area contributed by atoms with Crippen molar-refractivity contribution in [1.82, 2.24) is 10.4 Å². The standard InChI is InChI=1S/C23H20N4O2S/c1-28-19-13-12-16(14-20(19)29-2)15-24-27-22(25-17-8-4-3-5-9-17)23-26-18-10-6-7-11-21(18)30-23/h3-15H,1-2H3,(H,25,27)/b24-15-. The van der Waals surface area contributed by atoms with Gasteiger partial charge in [-0.05, 0) is 48.0 Å². The molecule has 0 aliphatic carbocycles. The maximum atomic E-state index is 5.35. The number of thiazole rings is 1. The van der Waals surface area contributed by atoms with Crippen molar-refractivity contribution in [2.75, 3.05) is 14.2 Å². The van der Waals surface area contributed by atoms with E-state index in [4.69, 9.17) is 19.5 Å². The summed E-state index contributed by atoms with van der Waals surface area (Å²) in [5.41, 5.74) is 5.67. The molecular formula is C23H20N4O2S. The van der Waals surface area contributed by atoms with Crippen LogP contribution in [0.5, 0.6) is 11.5 Å². The molecule has 0 bridgehead atoms. The van der Waals surface area contributed by atoms with Crippen molar-refractivity contribution in [2.45, 2.75) is 0 Å². The highest BCUT2D eigenvalue weighted by Gasteiger charge is 2.10. The smallest absolute Gasteiger partial charge is 0.183 e. The minimum Gasteiger partial charge on any atom is -0.493 e. The maximum Gasteiger partial charge on any atom is 0.183 e. The van der Waals surface area contributed by atoms with Gasteiger partial charge in [0, 0.05) is 0 Å². The first-order valence-corrected chi connectivity index (χ1v) is 10.1. The van der Waals surface area contributed by atoms with Gasteiger partial charge < -0.3 is 9.47 Å². The Morgan fingerprint density at radius 3 is 2.47 bits per heavy atom. The summed E-state index contributed by atoms with van der Waals surface area (Å²) in [6.07, 6.45) is 1.70. The number of hydrogen-bond acceptors (Lipinski definition) is 6. The predicted octanol–water partition coefficient (Wildman–Crippen LogP) is 5.02. The van der Waals surface area contributed by atoms with Crippen LogP contribution in [0.15, 0.2) is 82.9 Å². The molecule has 4 aromatic rings. The predicted molar refractivity (Wildman–Crippen MR) is 123 cm³/mol. The summed E-state index contributed by atoms with van der Waals surface area (Å²) in [5, 5.41) is 5.15. The van der Waals surface area contributed by atoms with E-state index in [9.17, 15) is 0 Å². The number of fused-ring (bicyclic) bond motifs is 1. The Morgan fingerprint density at radius 1 is 0.933 bits per heavy atom. The van der Waals surface area contributed by atoms with Crippen LogP contribution in [0.25, 0.3) is 10.2 Å². The summed E-state index contributed by atoms with van der Waals surface area (Å²) in [5.74, 6) is 1.90. The van der Waals surface area contributed by atoms with Gasteiger partial charge in [-0.1, -0.05) is 30.3 Å². The number of hydrogen-bond donors (Lipinski definition) is 1. The second kappa shape index (κ2) is 9.19. The first-order valence-electron chi connectivity index (χ1n) is 9.27. The fourth-order valence-corrected chi connectivity index (χ4v) is 3.73. The molecule has 0 amide bonds. The van der Waals surface area contributed by atoms with Crippen LogP contribution in [0.3, 0.4) is 0 Å². The summed E-state index contributed by atoms with van der Waals surface area (Å²) >= 11 is 1.57. The lowest BCUT2D eigenvalue weighted by atomic mass is 10.2. The lowest BCUT2D eigenvalue weighted by Gasteiger charge is -2.07. The van der Waals surface area contributed by atoms with Crippen LogP contribution in [0.2, 0.25) is 0 Å². The van der Waals surface area contributed by atoms with E-state index < -0.39 is 0 Å². The normalized spacial score (nSPS) is 11.7. The topological polar surface area (TPSA) is 68.1 Å². The van der Waals surface area contributed by atoms with Crippen LogP contribution in [-0.4, -0.2) is 31.3 Å². The molecule has 0 spiro atoms. The van der Waals surface area contributed by atoms with E-state index in [-0.39, 0.29) is 0 Å². The number of nitrogens with one attached hydrogen (secondary N) is 1. The molecule has 6 nitrogen and oxygen atoms in total. The number of benzene rings is 3. The van der Waals surface area contributed by atoms with Crippen LogP contribution in [0.4, 0.5) is 5.69 Å². The molecule has 4 rings (SSSR count). The SMILES string of the molecule is COc1ccc(/C=N\NC(=Nc2ccccc2)c2nc3ccccc3s2)cc1OC. The van der Waals surface area contributed by atoms with Gasteiger partial charge in [0.2, 0.25) is 0 Å². The maximum absolute atomic E-state index is 5.35. The third kappa shape index (κ3) is 4.47. The van der Waals surface area contributed by atoms with Gasteiger partial charge in [0.25, 0.3) is 0 Å². The number of rotatable bonds is 6. The minimum atomic E-state index is 0.583. The molecule has 1 heterocycles. The molecule has 0 atom stereocenters. The van der Waals surface area contributed by atoms with Crippen molar-refractivity contribution in [3.63, 3.8) is 0 Å². The van der Waals surface area contributed by atoms with Crippen molar-refractivity contribution in [3.8, 4) is 11.5 Å². The van der Waals surface area contributed by atoms with E-state index in [1.807, 2.05) is 72.8 Å². The number of methoxy groups -OCH3 is 2. The van der Waals surface area contributed by atoms with Crippen LogP contribution >= 0.6 is 11.3 Å². The number of hydrazone groups is 1. The molecule has 0 aliphatic heterocycles. The summed E-state index contributed by atoms with van der Waals surface area (Å²) in [7, 11) is 3.21. The van der Waals surface area contributed by atoms with Crippen molar-refractivity contribution in [1.29, 1.82) is 0 Å². The third-order valence-corrected chi connectivity index (χ3v) is 5.33. The summed E-state index contributed by atoms with van der Waals surface area (Å²) in [6, 6.07) is 23.3. The Kier molecular flexibility index (Phi) is 6.01. The fraction of sp³-hybridized carbons (Fsp3) is 0.0870. The van der Waals surface area contributed by atoms with Crippen molar-refractivity contribution in [2.24, 2.45) is 10.1 Å². The first kappa shape index (κ1) is 19.6. The number of aromatic nitrogens is 1. The second-order valence-electron chi connectivity index (χ2n) is 6.27. The Morgan fingerprint density at radius 2 is 1.70 bits per heavy atom. The molecule has 0 radical (unpaired) electrons. The van der Waals surface area contributed by atoms with Crippen LogP contribution in [-0.2, 0) is 0 Å². The van der Waals surface area contributed by atoms with Gasteiger partial charge in [0.05, 0.1) is 36.3 Å². The third-order valence-electron chi connectivity index (χ3n) is 4.29. The lowest BCUT2D eigenvalue weighted by Crippen LogP contribution is -2.18. The molecule has 0 saturated carbocycles. The molecule has 1 aromatic heterocycles. The largest absolute Gasteiger partial charge is 0.493 e.